The molecule has 0 aliphatic carbocycles. The number of carbonyl (C=O) groups excluding carboxylic acids is 1. The number of nitrogens with one attached hydrogen (secondary N) is 1. The van der Waals surface area contributed by atoms with Gasteiger partial charge in [0.15, 0.2) is 0 Å². The summed E-state index contributed by atoms with van der Waals surface area (Å²) in [5.41, 5.74) is 2.49. The van der Waals surface area contributed by atoms with Gasteiger partial charge in [0.2, 0.25) is 5.91 Å². The van der Waals surface area contributed by atoms with Crippen molar-refractivity contribution in [1.29, 1.82) is 0 Å². The van der Waals surface area contributed by atoms with E-state index in [-0.39, 0.29) is 5.91 Å². The average molecular weight is 299 g/mol. The van der Waals surface area contributed by atoms with Gasteiger partial charge in [0.25, 0.3) is 0 Å². The first-order valence-electron chi connectivity index (χ1n) is 7.47. The molecule has 0 spiro atoms. The summed E-state index contributed by atoms with van der Waals surface area (Å²) in [7, 11) is 0. The van der Waals surface area contributed by atoms with Crippen LogP contribution < -0.4 is 10.1 Å². The van der Waals surface area contributed by atoms with E-state index in [0.29, 0.717) is 18.2 Å². The molecule has 5 nitrogen and oxygen atoms in total. The molecule has 2 rings (SSSR count). The van der Waals surface area contributed by atoms with E-state index in [2.05, 4.69) is 22.2 Å². The Bertz CT molecular complexity index is 619. The van der Waals surface area contributed by atoms with Crippen LogP contribution in [-0.2, 0) is 4.79 Å². The quantitative estimate of drug-likeness (QED) is 0.875. The summed E-state index contributed by atoms with van der Waals surface area (Å²) in [6.07, 6.45) is 2.46. The number of amides is 1. The van der Waals surface area contributed by atoms with Crippen molar-refractivity contribution in [1.82, 2.24) is 9.97 Å². The molecule has 22 heavy (non-hydrogen) atoms. The third kappa shape index (κ3) is 4.84. The van der Waals surface area contributed by atoms with Gasteiger partial charge >= 0.3 is 6.01 Å². The minimum atomic E-state index is 0.0353. The molecular formula is C17H21N3O2. The number of aryl methyl sites for hydroxylation is 2. The highest BCUT2D eigenvalue weighted by atomic mass is 16.5. The van der Waals surface area contributed by atoms with Crippen molar-refractivity contribution < 1.29 is 9.53 Å². The highest BCUT2D eigenvalue weighted by molar-refractivity contribution is 5.90. The second kappa shape index (κ2) is 7.54. The molecule has 1 amide bonds. The lowest BCUT2D eigenvalue weighted by Crippen LogP contribution is -2.10. The van der Waals surface area contributed by atoms with Crippen molar-refractivity contribution in [3.05, 3.63) is 41.7 Å². The maximum Gasteiger partial charge on any atom is 0.322 e. The Labute approximate surface area is 130 Å². The maximum atomic E-state index is 11.7. The number of anilines is 1. The molecule has 0 unspecified atom stereocenters. The molecule has 1 aromatic heterocycles. The molecule has 116 valence electrons. The summed E-state index contributed by atoms with van der Waals surface area (Å²) in [4.78, 5) is 20.1. The van der Waals surface area contributed by atoms with Crippen LogP contribution in [0.1, 0.15) is 37.6 Å². The molecule has 0 atom stereocenters. The van der Waals surface area contributed by atoms with Gasteiger partial charge in [0.05, 0.1) is 0 Å². The van der Waals surface area contributed by atoms with Crippen molar-refractivity contribution in [2.24, 2.45) is 0 Å². The van der Waals surface area contributed by atoms with Crippen LogP contribution in [0.15, 0.2) is 30.3 Å². The maximum absolute atomic E-state index is 11.7. The normalized spacial score (nSPS) is 10.3. The average Bonchev–Trinajstić information content (AvgIpc) is 2.46. The highest BCUT2D eigenvalue weighted by Gasteiger charge is 2.04. The van der Waals surface area contributed by atoms with Gasteiger partial charge in [-0.2, -0.15) is 0 Å². The molecule has 2 aromatic rings. The van der Waals surface area contributed by atoms with Crippen molar-refractivity contribution in [3.63, 3.8) is 0 Å². The number of hydrogen-bond donors (Lipinski definition) is 1. The lowest BCUT2D eigenvalue weighted by atomic mass is 10.2. The number of rotatable bonds is 6. The van der Waals surface area contributed by atoms with Crippen LogP contribution >= 0.6 is 0 Å². The van der Waals surface area contributed by atoms with Crippen LogP contribution in [0, 0.1) is 13.8 Å². The van der Waals surface area contributed by atoms with Crippen molar-refractivity contribution in [2.45, 2.75) is 40.0 Å². The molecular weight excluding hydrogens is 278 g/mol. The van der Waals surface area contributed by atoms with Gasteiger partial charge in [-0.3, -0.25) is 4.79 Å². The van der Waals surface area contributed by atoms with E-state index in [1.165, 1.54) is 0 Å². The molecule has 1 heterocycles. The zero-order valence-corrected chi connectivity index (χ0v) is 13.2. The Morgan fingerprint density at radius 3 is 2.36 bits per heavy atom. The van der Waals surface area contributed by atoms with E-state index in [1.807, 2.05) is 32.0 Å². The van der Waals surface area contributed by atoms with Gasteiger partial charge in [0, 0.05) is 23.5 Å². The predicted molar refractivity (Wildman–Crippen MR) is 86.2 cm³/mol. The molecule has 0 aliphatic rings. The third-order valence-electron chi connectivity index (χ3n) is 3.07. The fraction of sp³-hybridized carbons (Fsp3) is 0.353. The Hall–Kier alpha value is -2.43. The van der Waals surface area contributed by atoms with Crippen molar-refractivity contribution >= 4 is 11.6 Å². The number of benzene rings is 1. The first-order valence-corrected chi connectivity index (χ1v) is 7.47. The fourth-order valence-electron chi connectivity index (χ4n) is 2.01. The molecule has 0 fully saturated rings. The summed E-state index contributed by atoms with van der Waals surface area (Å²) in [6, 6.07) is 9.41. The van der Waals surface area contributed by atoms with Gasteiger partial charge in [-0.25, -0.2) is 9.97 Å². The molecule has 0 radical (unpaired) electrons. The number of ether oxygens (including phenoxy) is 1. The first-order chi connectivity index (χ1) is 10.6. The Balaban J connectivity index is 1.98. The standard InChI is InChI=1S/C17H21N3O2/c1-4-5-6-16(21)20-14-7-9-15(10-8-14)22-17-18-12(2)11-13(3)19-17/h7-11H,4-6H2,1-3H3,(H,20,21). The zero-order valence-electron chi connectivity index (χ0n) is 13.2. The van der Waals surface area contributed by atoms with Crippen molar-refractivity contribution in [2.75, 3.05) is 5.32 Å². The van der Waals surface area contributed by atoms with Crippen LogP contribution in [-0.4, -0.2) is 15.9 Å². The molecule has 1 aromatic carbocycles. The van der Waals surface area contributed by atoms with E-state index in [0.717, 1.165) is 29.9 Å². The summed E-state index contributed by atoms with van der Waals surface area (Å²) < 4.78 is 5.63. The van der Waals surface area contributed by atoms with Gasteiger partial charge in [-0.05, 0) is 50.6 Å². The molecule has 5 heteroatoms. The summed E-state index contributed by atoms with van der Waals surface area (Å²) >= 11 is 0. The summed E-state index contributed by atoms with van der Waals surface area (Å²) in [5.74, 6) is 0.671. The minimum absolute atomic E-state index is 0.0353. The first kappa shape index (κ1) is 15.9. The Morgan fingerprint density at radius 1 is 1.14 bits per heavy atom. The second-order valence-corrected chi connectivity index (χ2v) is 5.21. The second-order valence-electron chi connectivity index (χ2n) is 5.21. The van der Waals surface area contributed by atoms with Gasteiger partial charge < -0.3 is 10.1 Å². The lowest BCUT2D eigenvalue weighted by molar-refractivity contribution is -0.116. The SMILES string of the molecule is CCCCC(=O)Nc1ccc(Oc2nc(C)cc(C)n2)cc1. The smallest absolute Gasteiger partial charge is 0.322 e. The minimum Gasteiger partial charge on any atom is -0.424 e. The monoisotopic (exact) mass is 299 g/mol. The largest absolute Gasteiger partial charge is 0.424 e. The number of nitrogens with zero attached hydrogens (tertiary/aromatic N) is 2. The van der Waals surface area contributed by atoms with Gasteiger partial charge in [0.1, 0.15) is 5.75 Å². The summed E-state index contributed by atoms with van der Waals surface area (Å²) in [6.45, 7) is 5.86. The Morgan fingerprint density at radius 2 is 1.77 bits per heavy atom. The lowest BCUT2D eigenvalue weighted by Gasteiger charge is -2.08. The van der Waals surface area contributed by atoms with Gasteiger partial charge in [-0.15, -0.1) is 0 Å². The van der Waals surface area contributed by atoms with Gasteiger partial charge in [-0.1, -0.05) is 13.3 Å². The number of hydrogen-bond acceptors (Lipinski definition) is 4. The highest BCUT2D eigenvalue weighted by Crippen LogP contribution is 2.21. The molecule has 0 aliphatic heterocycles. The third-order valence-corrected chi connectivity index (χ3v) is 3.07. The van der Waals surface area contributed by atoms with E-state index in [1.54, 1.807) is 12.1 Å². The molecule has 0 saturated heterocycles. The topological polar surface area (TPSA) is 64.1 Å². The van der Waals surface area contributed by atoms with E-state index in [4.69, 9.17) is 4.74 Å². The van der Waals surface area contributed by atoms with Crippen LogP contribution in [0.5, 0.6) is 11.8 Å². The van der Waals surface area contributed by atoms with E-state index < -0.39 is 0 Å². The predicted octanol–water partition coefficient (Wildman–Crippen LogP) is 4.01. The summed E-state index contributed by atoms with van der Waals surface area (Å²) in [5, 5.41) is 2.86. The van der Waals surface area contributed by atoms with Crippen LogP contribution in [0.4, 0.5) is 5.69 Å². The van der Waals surface area contributed by atoms with Crippen LogP contribution in [0.3, 0.4) is 0 Å². The molecule has 0 bridgehead atoms. The fourth-order valence-corrected chi connectivity index (χ4v) is 2.01. The zero-order chi connectivity index (χ0) is 15.9. The van der Waals surface area contributed by atoms with E-state index >= 15 is 0 Å². The molecule has 1 N–H and O–H groups in total. The number of aromatic nitrogens is 2. The van der Waals surface area contributed by atoms with Crippen LogP contribution in [0.25, 0.3) is 0 Å². The number of carbonyl (C=O) groups is 1. The molecule has 0 saturated carbocycles. The van der Waals surface area contributed by atoms with Crippen molar-refractivity contribution in [3.8, 4) is 11.8 Å². The van der Waals surface area contributed by atoms with E-state index in [9.17, 15) is 4.79 Å². The number of unbranched alkanes of at least 4 members (excludes halogenated alkanes) is 1. The Kier molecular flexibility index (Phi) is 5.47. The van der Waals surface area contributed by atoms with Crippen LogP contribution in [0.2, 0.25) is 0 Å².